The summed E-state index contributed by atoms with van der Waals surface area (Å²) in [6.45, 7) is 2.24. The molecule has 16 heavy (non-hydrogen) atoms. The molecular formula is C13H17F2N. The fraction of sp³-hybridized carbons (Fsp3) is 0.538. The molecule has 1 fully saturated rings. The molecule has 0 saturated heterocycles. The van der Waals surface area contributed by atoms with Gasteiger partial charge in [0, 0.05) is 17.8 Å². The summed E-state index contributed by atoms with van der Waals surface area (Å²) in [4.78, 5) is 0. The Morgan fingerprint density at radius 3 is 2.69 bits per heavy atom. The minimum Gasteiger partial charge on any atom is -0.382 e. The van der Waals surface area contributed by atoms with Crippen molar-refractivity contribution < 1.29 is 8.78 Å². The third-order valence-corrected chi connectivity index (χ3v) is 3.23. The first kappa shape index (κ1) is 11.4. The molecule has 1 aliphatic rings. The van der Waals surface area contributed by atoms with Crippen LogP contribution in [0.15, 0.2) is 18.2 Å². The lowest BCUT2D eigenvalue weighted by Gasteiger charge is -2.28. The Bertz CT molecular complexity index is 365. The van der Waals surface area contributed by atoms with Crippen molar-refractivity contribution in [2.75, 3.05) is 5.32 Å². The van der Waals surface area contributed by atoms with E-state index in [2.05, 4.69) is 12.2 Å². The van der Waals surface area contributed by atoms with Crippen molar-refractivity contribution in [1.29, 1.82) is 0 Å². The summed E-state index contributed by atoms with van der Waals surface area (Å²) in [7, 11) is 0. The second kappa shape index (κ2) is 4.81. The number of benzene rings is 1. The molecular weight excluding hydrogens is 208 g/mol. The van der Waals surface area contributed by atoms with Crippen molar-refractivity contribution in [3.63, 3.8) is 0 Å². The number of anilines is 1. The van der Waals surface area contributed by atoms with Crippen LogP contribution in [0.25, 0.3) is 0 Å². The summed E-state index contributed by atoms with van der Waals surface area (Å²) in [5.74, 6) is -0.854. The van der Waals surface area contributed by atoms with Gasteiger partial charge < -0.3 is 5.32 Å². The van der Waals surface area contributed by atoms with Crippen LogP contribution in [0.4, 0.5) is 14.5 Å². The molecule has 1 aromatic rings. The zero-order chi connectivity index (χ0) is 11.5. The third kappa shape index (κ3) is 2.71. The molecule has 0 heterocycles. The van der Waals surface area contributed by atoms with E-state index in [1.54, 1.807) is 6.07 Å². The lowest BCUT2D eigenvalue weighted by Crippen LogP contribution is -2.26. The van der Waals surface area contributed by atoms with E-state index >= 15 is 0 Å². The summed E-state index contributed by atoms with van der Waals surface area (Å²) in [6.07, 6.45) is 4.71. The van der Waals surface area contributed by atoms with Gasteiger partial charge >= 0.3 is 0 Å². The van der Waals surface area contributed by atoms with Gasteiger partial charge in [-0.3, -0.25) is 0 Å². The van der Waals surface area contributed by atoms with E-state index in [4.69, 9.17) is 0 Å². The molecule has 1 aromatic carbocycles. The van der Waals surface area contributed by atoms with Crippen molar-refractivity contribution >= 4 is 5.69 Å². The number of nitrogens with one attached hydrogen (secondary N) is 1. The van der Waals surface area contributed by atoms with Gasteiger partial charge in [-0.15, -0.1) is 0 Å². The molecule has 0 spiro atoms. The highest BCUT2D eigenvalue weighted by Gasteiger charge is 2.18. The first-order valence-corrected chi connectivity index (χ1v) is 5.87. The van der Waals surface area contributed by atoms with Gasteiger partial charge in [-0.25, -0.2) is 8.78 Å². The number of rotatable bonds is 2. The Morgan fingerprint density at radius 1 is 1.19 bits per heavy atom. The molecule has 1 aliphatic carbocycles. The van der Waals surface area contributed by atoms with Crippen LogP contribution in [-0.4, -0.2) is 6.04 Å². The lowest BCUT2D eigenvalue weighted by atomic mass is 9.87. The normalized spacial score (nSPS) is 25.4. The average Bonchev–Trinajstić information content (AvgIpc) is 2.24. The monoisotopic (exact) mass is 225 g/mol. The Balaban J connectivity index is 2.00. The second-order valence-electron chi connectivity index (χ2n) is 4.74. The summed E-state index contributed by atoms with van der Waals surface area (Å²) < 4.78 is 25.7. The summed E-state index contributed by atoms with van der Waals surface area (Å²) in [6, 6.07) is 4.39. The van der Waals surface area contributed by atoms with Gasteiger partial charge in [-0.2, -0.15) is 0 Å². The van der Waals surface area contributed by atoms with E-state index in [0.29, 0.717) is 11.7 Å². The molecule has 1 nitrogen and oxygen atoms in total. The SMILES string of the molecule is CC1CCCC(Nc2ccc(F)c(F)c2)C1. The molecule has 2 rings (SSSR count). The van der Waals surface area contributed by atoms with E-state index in [0.717, 1.165) is 18.8 Å². The van der Waals surface area contributed by atoms with Gasteiger partial charge in [0.15, 0.2) is 11.6 Å². The lowest BCUT2D eigenvalue weighted by molar-refractivity contribution is 0.358. The highest BCUT2D eigenvalue weighted by molar-refractivity contribution is 5.44. The number of halogens is 2. The Morgan fingerprint density at radius 2 is 2.00 bits per heavy atom. The second-order valence-corrected chi connectivity index (χ2v) is 4.74. The minimum atomic E-state index is -0.789. The van der Waals surface area contributed by atoms with Crippen molar-refractivity contribution in [1.82, 2.24) is 0 Å². The highest BCUT2D eigenvalue weighted by Crippen LogP contribution is 2.26. The fourth-order valence-electron chi connectivity index (χ4n) is 2.39. The first-order chi connectivity index (χ1) is 7.65. The largest absolute Gasteiger partial charge is 0.382 e. The topological polar surface area (TPSA) is 12.0 Å². The van der Waals surface area contributed by atoms with Crippen LogP contribution >= 0.6 is 0 Å². The quantitative estimate of drug-likeness (QED) is 0.803. The van der Waals surface area contributed by atoms with E-state index in [-0.39, 0.29) is 0 Å². The Labute approximate surface area is 94.9 Å². The smallest absolute Gasteiger partial charge is 0.160 e. The molecule has 0 aromatic heterocycles. The molecule has 2 atom stereocenters. The summed E-state index contributed by atoms with van der Waals surface area (Å²) >= 11 is 0. The standard InChI is InChI=1S/C13H17F2N/c1-9-3-2-4-10(7-9)16-11-5-6-12(14)13(15)8-11/h5-6,8-10,16H,2-4,7H2,1H3. The predicted molar refractivity (Wildman–Crippen MR) is 61.4 cm³/mol. The first-order valence-electron chi connectivity index (χ1n) is 5.87. The zero-order valence-electron chi connectivity index (χ0n) is 9.47. The number of hydrogen-bond donors (Lipinski definition) is 1. The molecule has 0 radical (unpaired) electrons. The number of hydrogen-bond acceptors (Lipinski definition) is 1. The van der Waals surface area contributed by atoms with Crippen LogP contribution in [0, 0.1) is 17.6 Å². The van der Waals surface area contributed by atoms with Crippen LogP contribution in [0.3, 0.4) is 0 Å². The Kier molecular flexibility index (Phi) is 3.42. The van der Waals surface area contributed by atoms with E-state index in [9.17, 15) is 8.78 Å². The summed E-state index contributed by atoms with van der Waals surface area (Å²) in [5.41, 5.74) is 0.679. The summed E-state index contributed by atoms with van der Waals surface area (Å²) in [5, 5.41) is 3.27. The van der Waals surface area contributed by atoms with Gasteiger partial charge in [0.2, 0.25) is 0 Å². The van der Waals surface area contributed by atoms with E-state index in [1.165, 1.54) is 25.0 Å². The minimum absolute atomic E-state index is 0.397. The van der Waals surface area contributed by atoms with Crippen molar-refractivity contribution in [2.45, 2.75) is 38.6 Å². The van der Waals surface area contributed by atoms with Crippen LogP contribution in [0.1, 0.15) is 32.6 Å². The molecule has 2 unspecified atom stereocenters. The van der Waals surface area contributed by atoms with Gasteiger partial charge in [0.1, 0.15) is 0 Å². The average molecular weight is 225 g/mol. The maximum absolute atomic E-state index is 13.0. The van der Waals surface area contributed by atoms with Gasteiger partial charge in [0.05, 0.1) is 0 Å². The molecule has 88 valence electrons. The highest BCUT2D eigenvalue weighted by atomic mass is 19.2. The van der Waals surface area contributed by atoms with Crippen molar-refractivity contribution in [3.05, 3.63) is 29.8 Å². The van der Waals surface area contributed by atoms with Crippen LogP contribution < -0.4 is 5.32 Å². The third-order valence-electron chi connectivity index (χ3n) is 3.23. The molecule has 0 aliphatic heterocycles. The van der Waals surface area contributed by atoms with E-state index in [1.807, 2.05) is 0 Å². The van der Waals surface area contributed by atoms with Crippen LogP contribution in [0.5, 0.6) is 0 Å². The van der Waals surface area contributed by atoms with Crippen LogP contribution in [0.2, 0.25) is 0 Å². The van der Waals surface area contributed by atoms with Gasteiger partial charge in [-0.05, 0) is 30.9 Å². The maximum atomic E-state index is 13.0. The zero-order valence-corrected chi connectivity index (χ0v) is 9.47. The molecule has 3 heteroatoms. The van der Waals surface area contributed by atoms with Crippen molar-refractivity contribution in [2.24, 2.45) is 5.92 Å². The predicted octanol–water partition coefficient (Wildman–Crippen LogP) is 3.96. The van der Waals surface area contributed by atoms with Gasteiger partial charge in [-0.1, -0.05) is 19.8 Å². The molecule has 1 N–H and O–H groups in total. The fourth-order valence-corrected chi connectivity index (χ4v) is 2.39. The van der Waals surface area contributed by atoms with Crippen molar-refractivity contribution in [3.8, 4) is 0 Å². The Hall–Kier alpha value is -1.12. The van der Waals surface area contributed by atoms with E-state index < -0.39 is 11.6 Å². The maximum Gasteiger partial charge on any atom is 0.160 e. The molecule has 0 bridgehead atoms. The van der Waals surface area contributed by atoms with Gasteiger partial charge in [0.25, 0.3) is 0 Å². The molecule has 0 amide bonds. The van der Waals surface area contributed by atoms with Crippen LogP contribution in [-0.2, 0) is 0 Å². The molecule has 1 saturated carbocycles.